The van der Waals surface area contributed by atoms with Gasteiger partial charge in [-0.3, -0.25) is 4.79 Å². The summed E-state index contributed by atoms with van der Waals surface area (Å²) in [6, 6.07) is 2.86. The number of hydrogen-bond donors (Lipinski definition) is 1. The van der Waals surface area contributed by atoms with Gasteiger partial charge in [0.05, 0.1) is 4.88 Å². The molecule has 0 aromatic carbocycles. The van der Waals surface area contributed by atoms with Gasteiger partial charge < -0.3 is 10.2 Å². The van der Waals surface area contributed by atoms with Crippen LogP contribution in [0, 0.1) is 0 Å². The fourth-order valence-corrected chi connectivity index (χ4v) is 3.63. The fraction of sp³-hybridized carbons (Fsp3) is 0.667. The summed E-state index contributed by atoms with van der Waals surface area (Å²) >= 11 is 1.59. The first-order valence-electron chi connectivity index (χ1n) is 7.31. The molecule has 1 aromatic rings. The highest BCUT2D eigenvalue weighted by molar-refractivity contribution is 7.12. The monoisotopic (exact) mass is 280 g/mol. The van der Waals surface area contributed by atoms with E-state index in [2.05, 4.69) is 37.1 Å². The molecule has 1 saturated heterocycles. The number of hydrogen-bond acceptors (Lipinski definition) is 3. The fourth-order valence-electron chi connectivity index (χ4n) is 2.68. The Balaban J connectivity index is 2.19. The minimum atomic E-state index is 0.235. The number of nitrogens with one attached hydrogen (secondary N) is 1. The lowest BCUT2D eigenvalue weighted by molar-refractivity contribution is 0.0580. The number of thiophene rings is 1. The van der Waals surface area contributed by atoms with Crippen molar-refractivity contribution in [2.75, 3.05) is 13.1 Å². The number of rotatable bonds is 4. The Kier molecular flexibility index (Phi) is 4.99. The van der Waals surface area contributed by atoms with Crippen LogP contribution in [-0.2, 0) is 6.42 Å². The van der Waals surface area contributed by atoms with Crippen molar-refractivity contribution < 1.29 is 4.79 Å². The van der Waals surface area contributed by atoms with E-state index in [1.54, 1.807) is 11.3 Å². The largest absolute Gasteiger partial charge is 0.332 e. The van der Waals surface area contributed by atoms with Gasteiger partial charge >= 0.3 is 0 Å². The van der Waals surface area contributed by atoms with Crippen LogP contribution < -0.4 is 5.32 Å². The third-order valence-electron chi connectivity index (χ3n) is 4.05. The van der Waals surface area contributed by atoms with E-state index >= 15 is 0 Å². The summed E-state index contributed by atoms with van der Waals surface area (Å²) in [6.07, 6.45) is 3.03. The zero-order valence-electron chi connectivity index (χ0n) is 12.1. The van der Waals surface area contributed by atoms with E-state index in [-0.39, 0.29) is 5.91 Å². The first-order valence-corrected chi connectivity index (χ1v) is 8.19. The number of aryl methyl sites for hydroxylation is 1. The summed E-state index contributed by atoms with van der Waals surface area (Å²) in [4.78, 5) is 15.8. The molecule has 2 unspecified atom stereocenters. The first-order chi connectivity index (χ1) is 9.21. The molecule has 3 nitrogen and oxygen atoms in total. The van der Waals surface area contributed by atoms with E-state index in [0.717, 1.165) is 37.2 Å². The molecule has 4 heteroatoms. The molecule has 19 heavy (non-hydrogen) atoms. The van der Waals surface area contributed by atoms with Crippen LogP contribution >= 0.6 is 11.3 Å². The molecule has 2 atom stereocenters. The van der Waals surface area contributed by atoms with Crippen LogP contribution in [-0.4, -0.2) is 36.0 Å². The third-order valence-corrected chi connectivity index (χ3v) is 4.99. The topological polar surface area (TPSA) is 32.3 Å². The van der Waals surface area contributed by atoms with Crippen molar-refractivity contribution in [3.63, 3.8) is 0 Å². The predicted molar refractivity (Wildman–Crippen MR) is 80.9 cm³/mol. The van der Waals surface area contributed by atoms with Crippen molar-refractivity contribution >= 4 is 17.2 Å². The molecule has 2 heterocycles. The van der Waals surface area contributed by atoms with Gasteiger partial charge in [0.2, 0.25) is 0 Å². The van der Waals surface area contributed by atoms with Crippen LogP contribution in [0.5, 0.6) is 0 Å². The van der Waals surface area contributed by atoms with Crippen LogP contribution in [0.3, 0.4) is 0 Å². The van der Waals surface area contributed by atoms with Gasteiger partial charge in [-0.25, -0.2) is 0 Å². The quantitative estimate of drug-likeness (QED) is 0.919. The standard InChI is InChI=1S/C15H24N2OS/c1-4-11-7-8-19-14(11)15(18)17-10-12(5-2)16-9-13(17)6-3/h7-8,12-13,16H,4-6,9-10H2,1-3H3. The van der Waals surface area contributed by atoms with E-state index in [1.807, 2.05) is 5.38 Å². The van der Waals surface area contributed by atoms with Gasteiger partial charge in [0.25, 0.3) is 5.91 Å². The van der Waals surface area contributed by atoms with Gasteiger partial charge in [-0.2, -0.15) is 0 Å². The van der Waals surface area contributed by atoms with E-state index in [4.69, 9.17) is 0 Å². The van der Waals surface area contributed by atoms with Crippen LogP contribution in [0.1, 0.15) is 48.8 Å². The zero-order chi connectivity index (χ0) is 13.8. The highest BCUT2D eigenvalue weighted by atomic mass is 32.1. The molecule has 1 N–H and O–H groups in total. The molecular formula is C15H24N2OS. The highest BCUT2D eigenvalue weighted by Crippen LogP contribution is 2.23. The molecule has 0 bridgehead atoms. The van der Waals surface area contributed by atoms with Gasteiger partial charge in [-0.05, 0) is 36.3 Å². The molecule has 0 aliphatic carbocycles. The van der Waals surface area contributed by atoms with Gasteiger partial charge in [-0.1, -0.05) is 20.8 Å². The number of carbonyl (C=O) groups excluding carboxylic acids is 1. The summed E-state index contributed by atoms with van der Waals surface area (Å²) in [6.45, 7) is 8.22. The second kappa shape index (κ2) is 6.53. The predicted octanol–water partition coefficient (Wildman–Crippen LogP) is 2.91. The molecule has 0 radical (unpaired) electrons. The number of nitrogens with zero attached hydrogens (tertiary/aromatic N) is 1. The first kappa shape index (κ1) is 14.5. The average molecular weight is 280 g/mol. The van der Waals surface area contributed by atoms with Gasteiger partial charge in [0.15, 0.2) is 0 Å². The lowest BCUT2D eigenvalue weighted by Gasteiger charge is -2.40. The van der Waals surface area contributed by atoms with Crippen LogP contribution in [0.4, 0.5) is 0 Å². The van der Waals surface area contributed by atoms with Crippen molar-refractivity contribution in [1.29, 1.82) is 0 Å². The molecule has 0 spiro atoms. The van der Waals surface area contributed by atoms with Crippen LogP contribution in [0.2, 0.25) is 0 Å². The zero-order valence-corrected chi connectivity index (χ0v) is 12.9. The summed E-state index contributed by atoms with van der Waals surface area (Å²) in [5.41, 5.74) is 1.19. The average Bonchev–Trinajstić information content (AvgIpc) is 2.94. The van der Waals surface area contributed by atoms with Crippen molar-refractivity contribution in [2.24, 2.45) is 0 Å². The SMILES string of the molecule is CCc1ccsc1C(=O)N1CC(CC)NCC1CC. The van der Waals surface area contributed by atoms with Gasteiger partial charge in [0.1, 0.15) is 0 Å². The van der Waals surface area contributed by atoms with Crippen LogP contribution in [0.15, 0.2) is 11.4 Å². The Morgan fingerprint density at radius 2 is 2.21 bits per heavy atom. The Hall–Kier alpha value is -0.870. The molecule has 106 valence electrons. The van der Waals surface area contributed by atoms with Crippen molar-refractivity contribution in [3.05, 3.63) is 21.9 Å². The smallest absolute Gasteiger partial charge is 0.264 e. The molecular weight excluding hydrogens is 256 g/mol. The van der Waals surface area contributed by atoms with Crippen molar-refractivity contribution in [3.8, 4) is 0 Å². The maximum absolute atomic E-state index is 12.8. The Labute approximate surface area is 120 Å². The minimum Gasteiger partial charge on any atom is -0.332 e. The summed E-state index contributed by atoms with van der Waals surface area (Å²) in [5, 5.41) is 5.57. The normalized spacial score (nSPS) is 23.6. The molecule has 0 saturated carbocycles. The number of amides is 1. The van der Waals surface area contributed by atoms with E-state index in [9.17, 15) is 4.79 Å². The van der Waals surface area contributed by atoms with Crippen molar-refractivity contribution in [1.82, 2.24) is 10.2 Å². The number of piperazine rings is 1. The Morgan fingerprint density at radius 1 is 1.42 bits per heavy atom. The highest BCUT2D eigenvalue weighted by Gasteiger charge is 2.31. The molecule has 1 aliphatic rings. The van der Waals surface area contributed by atoms with E-state index < -0.39 is 0 Å². The second-order valence-corrected chi connectivity index (χ2v) is 6.08. The number of carbonyl (C=O) groups is 1. The lowest BCUT2D eigenvalue weighted by Crippen LogP contribution is -2.57. The van der Waals surface area contributed by atoms with Gasteiger partial charge in [0, 0.05) is 25.2 Å². The van der Waals surface area contributed by atoms with Crippen molar-refractivity contribution in [2.45, 2.75) is 52.1 Å². The summed E-state index contributed by atoms with van der Waals surface area (Å²) < 4.78 is 0. The Morgan fingerprint density at radius 3 is 2.84 bits per heavy atom. The summed E-state index contributed by atoms with van der Waals surface area (Å²) in [5.74, 6) is 0.235. The Bertz CT molecular complexity index is 430. The molecule has 1 aromatic heterocycles. The molecule has 1 amide bonds. The lowest BCUT2D eigenvalue weighted by atomic mass is 10.0. The molecule has 1 fully saturated rings. The molecule has 2 rings (SSSR count). The third kappa shape index (κ3) is 3.00. The second-order valence-electron chi connectivity index (χ2n) is 5.16. The van der Waals surface area contributed by atoms with Crippen LogP contribution in [0.25, 0.3) is 0 Å². The van der Waals surface area contributed by atoms with E-state index in [1.165, 1.54) is 5.56 Å². The minimum absolute atomic E-state index is 0.235. The molecule has 1 aliphatic heterocycles. The summed E-state index contributed by atoms with van der Waals surface area (Å²) in [7, 11) is 0. The maximum atomic E-state index is 12.8. The van der Waals surface area contributed by atoms with Gasteiger partial charge in [-0.15, -0.1) is 11.3 Å². The maximum Gasteiger partial charge on any atom is 0.264 e. The van der Waals surface area contributed by atoms with E-state index in [0.29, 0.717) is 12.1 Å².